The normalized spacial score (nSPS) is 14.7. The summed E-state index contributed by atoms with van der Waals surface area (Å²) in [4.78, 5) is 18.7. The zero-order chi connectivity index (χ0) is 19.3. The maximum Gasteiger partial charge on any atom is 0.422 e. The molecular formula is C18H18F3N3O3. The van der Waals surface area contributed by atoms with Crippen LogP contribution in [0.2, 0.25) is 0 Å². The summed E-state index contributed by atoms with van der Waals surface area (Å²) in [5.41, 5.74) is 0.820. The topological polar surface area (TPSA) is 63.7 Å². The number of amides is 1. The van der Waals surface area contributed by atoms with E-state index in [0.717, 1.165) is 18.9 Å². The molecule has 144 valence electrons. The van der Waals surface area contributed by atoms with Gasteiger partial charge in [0.1, 0.15) is 11.6 Å². The number of nitrogens with one attached hydrogen (secondary N) is 1. The summed E-state index contributed by atoms with van der Waals surface area (Å²) in [6.45, 7) is 1.43. The predicted molar refractivity (Wildman–Crippen MR) is 93.2 cm³/mol. The smallest absolute Gasteiger partial charge is 0.422 e. The van der Waals surface area contributed by atoms with Crippen LogP contribution in [0.1, 0.15) is 10.4 Å². The SMILES string of the molecule is O=C(Nc1ccc(OCC(F)(F)F)cc1)c1ccc(N2CCOCC2)nc1. The highest BCUT2D eigenvalue weighted by Crippen LogP contribution is 2.21. The van der Waals surface area contributed by atoms with Gasteiger partial charge in [0.25, 0.3) is 5.91 Å². The van der Waals surface area contributed by atoms with Crippen LogP contribution in [0.3, 0.4) is 0 Å². The molecule has 2 heterocycles. The zero-order valence-electron chi connectivity index (χ0n) is 14.3. The van der Waals surface area contributed by atoms with E-state index in [1.807, 2.05) is 0 Å². The Morgan fingerprint density at radius 2 is 1.85 bits per heavy atom. The molecule has 1 aliphatic heterocycles. The quantitative estimate of drug-likeness (QED) is 0.862. The second-order valence-corrected chi connectivity index (χ2v) is 5.89. The first kappa shape index (κ1) is 19.0. The van der Waals surface area contributed by atoms with Crippen LogP contribution in [0.4, 0.5) is 24.7 Å². The van der Waals surface area contributed by atoms with Crippen molar-refractivity contribution in [2.45, 2.75) is 6.18 Å². The number of hydrogen-bond donors (Lipinski definition) is 1. The number of anilines is 2. The summed E-state index contributed by atoms with van der Waals surface area (Å²) in [5, 5.41) is 2.67. The summed E-state index contributed by atoms with van der Waals surface area (Å²) in [5.74, 6) is 0.489. The van der Waals surface area contributed by atoms with E-state index in [4.69, 9.17) is 4.74 Å². The van der Waals surface area contributed by atoms with Gasteiger partial charge < -0.3 is 19.7 Å². The van der Waals surface area contributed by atoms with E-state index >= 15 is 0 Å². The molecule has 1 saturated heterocycles. The molecule has 27 heavy (non-hydrogen) atoms. The van der Waals surface area contributed by atoms with Crippen LogP contribution in [-0.2, 0) is 4.74 Å². The van der Waals surface area contributed by atoms with Crippen LogP contribution in [-0.4, -0.2) is 50.0 Å². The van der Waals surface area contributed by atoms with E-state index < -0.39 is 12.8 Å². The van der Waals surface area contributed by atoms with E-state index in [0.29, 0.717) is 24.5 Å². The minimum Gasteiger partial charge on any atom is -0.484 e. The van der Waals surface area contributed by atoms with Gasteiger partial charge in [0.15, 0.2) is 6.61 Å². The number of morpholine rings is 1. The lowest BCUT2D eigenvalue weighted by Crippen LogP contribution is -2.36. The molecule has 9 heteroatoms. The van der Waals surface area contributed by atoms with Crippen molar-refractivity contribution in [3.63, 3.8) is 0 Å². The third-order valence-corrected chi connectivity index (χ3v) is 3.86. The van der Waals surface area contributed by atoms with Crippen LogP contribution in [0, 0.1) is 0 Å². The Balaban J connectivity index is 1.56. The summed E-state index contributed by atoms with van der Waals surface area (Å²) in [6.07, 6.45) is -2.91. The molecule has 1 aliphatic rings. The minimum absolute atomic E-state index is 0.0712. The summed E-state index contributed by atoms with van der Waals surface area (Å²) in [6, 6.07) is 9.11. The number of carbonyl (C=O) groups excluding carboxylic acids is 1. The molecule has 0 aliphatic carbocycles. The summed E-state index contributed by atoms with van der Waals surface area (Å²) < 4.78 is 46.3. The van der Waals surface area contributed by atoms with E-state index in [-0.39, 0.29) is 11.7 Å². The molecule has 3 rings (SSSR count). The number of hydrogen-bond acceptors (Lipinski definition) is 5. The Labute approximate surface area is 153 Å². The van der Waals surface area contributed by atoms with Crippen LogP contribution >= 0.6 is 0 Å². The van der Waals surface area contributed by atoms with Crippen molar-refractivity contribution in [2.24, 2.45) is 0 Å². The van der Waals surface area contributed by atoms with Gasteiger partial charge in [-0.05, 0) is 36.4 Å². The number of nitrogens with zero attached hydrogens (tertiary/aromatic N) is 2. The van der Waals surface area contributed by atoms with Gasteiger partial charge in [0, 0.05) is 25.0 Å². The van der Waals surface area contributed by atoms with Crippen LogP contribution in [0.25, 0.3) is 0 Å². The minimum atomic E-state index is -4.40. The number of alkyl halides is 3. The van der Waals surface area contributed by atoms with Crippen molar-refractivity contribution in [1.82, 2.24) is 4.98 Å². The fourth-order valence-corrected chi connectivity index (χ4v) is 2.50. The van der Waals surface area contributed by atoms with Crippen LogP contribution in [0.15, 0.2) is 42.6 Å². The second kappa shape index (κ2) is 8.26. The molecule has 1 N–H and O–H groups in total. The molecule has 2 aromatic rings. The third-order valence-electron chi connectivity index (χ3n) is 3.86. The fourth-order valence-electron chi connectivity index (χ4n) is 2.50. The molecule has 0 unspecified atom stereocenters. The first-order valence-corrected chi connectivity index (χ1v) is 8.30. The molecule has 0 spiro atoms. The summed E-state index contributed by atoms with van der Waals surface area (Å²) in [7, 11) is 0. The number of aromatic nitrogens is 1. The standard InChI is InChI=1S/C18H18F3N3O3/c19-18(20,21)12-27-15-4-2-14(3-5-15)23-17(25)13-1-6-16(22-11-13)24-7-9-26-10-8-24/h1-6,11H,7-10,12H2,(H,23,25). The molecule has 1 aromatic heterocycles. The van der Waals surface area contributed by atoms with Gasteiger partial charge in [-0.25, -0.2) is 4.98 Å². The lowest BCUT2D eigenvalue weighted by atomic mass is 10.2. The molecule has 1 fully saturated rings. The Morgan fingerprint density at radius 3 is 2.44 bits per heavy atom. The van der Waals surface area contributed by atoms with Crippen LogP contribution < -0.4 is 15.0 Å². The number of benzene rings is 1. The van der Waals surface area contributed by atoms with E-state index in [2.05, 4.69) is 19.9 Å². The molecule has 1 amide bonds. The molecule has 6 nitrogen and oxygen atoms in total. The van der Waals surface area contributed by atoms with E-state index in [9.17, 15) is 18.0 Å². The van der Waals surface area contributed by atoms with Gasteiger partial charge in [0.05, 0.1) is 18.8 Å². The number of rotatable bonds is 5. The second-order valence-electron chi connectivity index (χ2n) is 5.89. The Hall–Kier alpha value is -2.81. The zero-order valence-corrected chi connectivity index (χ0v) is 14.3. The largest absolute Gasteiger partial charge is 0.484 e. The predicted octanol–water partition coefficient (Wildman–Crippen LogP) is 3.11. The van der Waals surface area contributed by atoms with Crippen molar-refractivity contribution in [2.75, 3.05) is 43.1 Å². The van der Waals surface area contributed by atoms with Crippen LogP contribution in [0.5, 0.6) is 5.75 Å². The van der Waals surface area contributed by atoms with E-state index in [1.165, 1.54) is 30.5 Å². The Kier molecular flexibility index (Phi) is 5.80. The van der Waals surface area contributed by atoms with Gasteiger partial charge in [0.2, 0.25) is 0 Å². The van der Waals surface area contributed by atoms with Gasteiger partial charge in [-0.15, -0.1) is 0 Å². The van der Waals surface area contributed by atoms with Crippen molar-refractivity contribution in [3.05, 3.63) is 48.2 Å². The highest BCUT2D eigenvalue weighted by Gasteiger charge is 2.28. The fraction of sp³-hybridized carbons (Fsp3) is 0.333. The number of ether oxygens (including phenoxy) is 2. The van der Waals surface area contributed by atoms with Crippen molar-refractivity contribution >= 4 is 17.4 Å². The molecule has 0 radical (unpaired) electrons. The third kappa shape index (κ3) is 5.58. The maximum absolute atomic E-state index is 12.3. The molecular weight excluding hydrogens is 363 g/mol. The molecule has 0 atom stereocenters. The van der Waals surface area contributed by atoms with Crippen molar-refractivity contribution < 1.29 is 27.4 Å². The van der Waals surface area contributed by atoms with E-state index in [1.54, 1.807) is 12.1 Å². The first-order valence-electron chi connectivity index (χ1n) is 8.30. The van der Waals surface area contributed by atoms with Crippen molar-refractivity contribution in [3.8, 4) is 5.75 Å². The Morgan fingerprint density at radius 1 is 1.15 bits per heavy atom. The maximum atomic E-state index is 12.3. The molecule has 0 bridgehead atoms. The number of pyridine rings is 1. The van der Waals surface area contributed by atoms with Gasteiger partial charge in [-0.1, -0.05) is 0 Å². The number of carbonyl (C=O) groups is 1. The van der Waals surface area contributed by atoms with Gasteiger partial charge >= 0.3 is 6.18 Å². The highest BCUT2D eigenvalue weighted by atomic mass is 19.4. The first-order chi connectivity index (χ1) is 12.9. The number of halogens is 3. The van der Waals surface area contributed by atoms with Gasteiger partial charge in [-0.3, -0.25) is 4.79 Å². The lowest BCUT2D eigenvalue weighted by Gasteiger charge is -2.27. The van der Waals surface area contributed by atoms with Gasteiger partial charge in [-0.2, -0.15) is 13.2 Å². The average molecular weight is 381 g/mol. The lowest BCUT2D eigenvalue weighted by molar-refractivity contribution is -0.153. The molecule has 0 saturated carbocycles. The Bertz CT molecular complexity index is 758. The summed E-state index contributed by atoms with van der Waals surface area (Å²) >= 11 is 0. The monoisotopic (exact) mass is 381 g/mol. The highest BCUT2D eigenvalue weighted by molar-refractivity contribution is 6.04. The van der Waals surface area contributed by atoms with Crippen molar-refractivity contribution in [1.29, 1.82) is 0 Å². The molecule has 1 aromatic carbocycles. The average Bonchev–Trinajstić information content (AvgIpc) is 2.68.